The molecule has 31 heavy (non-hydrogen) atoms. The van der Waals surface area contributed by atoms with Crippen molar-refractivity contribution in [2.45, 2.75) is 13.8 Å². The lowest BCUT2D eigenvalue weighted by Gasteiger charge is -2.11. The Hall–Kier alpha value is -3.53. The SMILES string of the molecule is COC(=O)/N=C(SC)/C(=N\c1ccc(-c2noc(C)n2)cc1)c1cc(C)nc(OC)c1. The zero-order chi connectivity index (χ0) is 22.4. The topological polar surface area (TPSA) is 112 Å². The minimum absolute atomic E-state index is 0.400. The highest BCUT2D eigenvalue weighted by Crippen LogP contribution is 2.24. The molecule has 0 radical (unpaired) electrons. The third kappa shape index (κ3) is 5.54. The Morgan fingerprint density at radius 2 is 1.84 bits per heavy atom. The van der Waals surface area contributed by atoms with Gasteiger partial charge in [0.15, 0.2) is 0 Å². The fourth-order valence-corrected chi connectivity index (χ4v) is 3.19. The van der Waals surface area contributed by atoms with E-state index in [1.165, 1.54) is 18.9 Å². The van der Waals surface area contributed by atoms with Gasteiger partial charge in [0.2, 0.25) is 17.6 Å². The minimum Gasteiger partial charge on any atom is -0.481 e. The Morgan fingerprint density at radius 1 is 1.10 bits per heavy atom. The molecular formula is C21H21N5O4S. The number of aliphatic imine (C=N–C) groups is 2. The maximum absolute atomic E-state index is 11.8. The number of aryl methyl sites for hydroxylation is 2. The van der Waals surface area contributed by atoms with Crippen LogP contribution in [0.4, 0.5) is 10.5 Å². The van der Waals surface area contributed by atoms with Gasteiger partial charge in [0.25, 0.3) is 0 Å². The molecule has 2 heterocycles. The van der Waals surface area contributed by atoms with Crippen LogP contribution in [0.15, 0.2) is 50.9 Å². The summed E-state index contributed by atoms with van der Waals surface area (Å²) in [4.78, 5) is 29.1. The Bertz CT molecular complexity index is 1140. The third-order valence-electron chi connectivity index (χ3n) is 4.07. The number of hydrogen-bond acceptors (Lipinski definition) is 9. The number of methoxy groups -OCH3 is 2. The maximum Gasteiger partial charge on any atom is 0.434 e. The lowest BCUT2D eigenvalue weighted by Crippen LogP contribution is -2.15. The van der Waals surface area contributed by atoms with Crippen LogP contribution < -0.4 is 4.74 Å². The van der Waals surface area contributed by atoms with Gasteiger partial charge in [-0.05, 0) is 43.5 Å². The van der Waals surface area contributed by atoms with Gasteiger partial charge < -0.3 is 14.0 Å². The fourth-order valence-electron chi connectivity index (χ4n) is 2.67. The Kier molecular flexibility index (Phi) is 7.14. The van der Waals surface area contributed by atoms with E-state index in [-0.39, 0.29) is 0 Å². The van der Waals surface area contributed by atoms with Crippen LogP contribution in [0.3, 0.4) is 0 Å². The summed E-state index contributed by atoms with van der Waals surface area (Å²) in [6.07, 6.45) is 1.10. The smallest absolute Gasteiger partial charge is 0.434 e. The van der Waals surface area contributed by atoms with Gasteiger partial charge in [-0.1, -0.05) is 5.16 Å². The predicted octanol–water partition coefficient (Wildman–Crippen LogP) is 4.41. The van der Waals surface area contributed by atoms with E-state index in [2.05, 4.69) is 20.1 Å². The number of rotatable bonds is 5. The van der Waals surface area contributed by atoms with E-state index >= 15 is 0 Å². The molecule has 0 fully saturated rings. The first-order chi connectivity index (χ1) is 14.9. The molecule has 0 aliphatic heterocycles. The summed E-state index contributed by atoms with van der Waals surface area (Å²) in [5, 5.41) is 4.32. The molecule has 0 aliphatic carbocycles. The number of ether oxygens (including phenoxy) is 2. The van der Waals surface area contributed by atoms with Crippen LogP contribution in [0.1, 0.15) is 17.1 Å². The van der Waals surface area contributed by atoms with Crippen LogP contribution in [0, 0.1) is 13.8 Å². The Balaban J connectivity index is 2.09. The third-order valence-corrected chi connectivity index (χ3v) is 4.74. The largest absolute Gasteiger partial charge is 0.481 e. The molecule has 0 spiro atoms. The monoisotopic (exact) mass is 439 g/mol. The predicted molar refractivity (Wildman–Crippen MR) is 120 cm³/mol. The van der Waals surface area contributed by atoms with Gasteiger partial charge in [-0.3, -0.25) is 0 Å². The first-order valence-electron chi connectivity index (χ1n) is 9.17. The van der Waals surface area contributed by atoms with Crippen LogP contribution in [-0.4, -0.2) is 52.4 Å². The van der Waals surface area contributed by atoms with Crippen molar-refractivity contribution in [2.75, 3.05) is 20.5 Å². The van der Waals surface area contributed by atoms with Crippen molar-refractivity contribution in [3.05, 3.63) is 53.5 Å². The molecule has 0 atom stereocenters. The van der Waals surface area contributed by atoms with E-state index in [9.17, 15) is 4.79 Å². The number of pyridine rings is 1. The summed E-state index contributed by atoms with van der Waals surface area (Å²) < 4.78 is 15.0. The van der Waals surface area contributed by atoms with Crippen LogP contribution in [-0.2, 0) is 4.74 Å². The standard InChI is InChI=1S/C21H21N5O4S/c1-12-10-15(11-17(22-12)28-3)18(20(31-5)25-21(27)29-4)24-16-8-6-14(7-9-16)19-23-13(2)30-26-19/h6-11H,1-5H3/b24-18-,25-20-. The number of benzene rings is 1. The first-order valence-corrected chi connectivity index (χ1v) is 10.4. The summed E-state index contributed by atoms with van der Waals surface area (Å²) in [6, 6.07) is 10.9. The minimum atomic E-state index is -0.711. The van der Waals surface area contributed by atoms with Gasteiger partial charge in [-0.25, -0.2) is 14.8 Å². The second kappa shape index (κ2) is 9.98. The summed E-state index contributed by atoms with van der Waals surface area (Å²) in [6.45, 7) is 3.58. The fraction of sp³-hybridized carbons (Fsp3) is 0.238. The van der Waals surface area contributed by atoms with E-state index in [0.29, 0.717) is 39.6 Å². The van der Waals surface area contributed by atoms with Crippen molar-refractivity contribution in [1.29, 1.82) is 0 Å². The molecule has 160 valence electrons. The molecule has 3 aromatic rings. The number of aromatic nitrogens is 3. The molecule has 2 aromatic heterocycles. The molecule has 0 bridgehead atoms. The van der Waals surface area contributed by atoms with Crippen molar-refractivity contribution >= 4 is 34.3 Å². The molecule has 3 rings (SSSR count). The number of thioether (sulfide) groups is 1. The number of carbonyl (C=O) groups excluding carboxylic acids is 1. The Morgan fingerprint density at radius 3 is 2.42 bits per heavy atom. The van der Waals surface area contributed by atoms with Crippen LogP contribution in [0.2, 0.25) is 0 Å². The van der Waals surface area contributed by atoms with Crippen molar-refractivity contribution in [3.63, 3.8) is 0 Å². The van der Waals surface area contributed by atoms with Gasteiger partial charge in [0.05, 0.1) is 19.9 Å². The molecular weight excluding hydrogens is 418 g/mol. The van der Waals surface area contributed by atoms with Crippen molar-refractivity contribution < 1.29 is 18.8 Å². The average Bonchev–Trinajstić information content (AvgIpc) is 3.22. The maximum atomic E-state index is 11.8. The number of nitrogens with zero attached hydrogens (tertiary/aromatic N) is 5. The van der Waals surface area contributed by atoms with E-state index in [4.69, 9.17) is 19.0 Å². The second-order valence-corrected chi connectivity index (χ2v) is 7.07. The average molecular weight is 439 g/mol. The molecule has 0 N–H and O–H groups in total. The summed E-state index contributed by atoms with van der Waals surface area (Å²) in [5.41, 5.74) is 3.39. The molecule has 0 saturated heterocycles. The molecule has 0 aliphatic rings. The molecule has 0 unspecified atom stereocenters. The lowest BCUT2D eigenvalue weighted by molar-refractivity contribution is 0.183. The van der Waals surface area contributed by atoms with E-state index in [1.807, 2.05) is 43.5 Å². The molecule has 10 heteroatoms. The normalized spacial score (nSPS) is 12.0. The molecule has 0 saturated carbocycles. The van der Waals surface area contributed by atoms with Gasteiger partial charge in [-0.15, -0.1) is 11.8 Å². The van der Waals surface area contributed by atoms with Crippen LogP contribution >= 0.6 is 11.8 Å². The van der Waals surface area contributed by atoms with Crippen LogP contribution in [0.5, 0.6) is 5.88 Å². The van der Waals surface area contributed by atoms with E-state index < -0.39 is 6.09 Å². The van der Waals surface area contributed by atoms with Gasteiger partial charge in [0.1, 0.15) is 10.8 Å². The van der Waals surface area contributed by atoms with Crippen molar-refractivity contribution in [3.8, 4) is 17.3 Å². The highest BCUT2D eigenvalue weighted by Gasteiger charge is 2.16. The van der Waals surface area contributed by atoms with Crippen LogP contribution in [0.25, 0.3) is 11.4 Å². The number of amides is 1. The molecule has 9 nitrogen and oxygen atoms in total. The van der Waals surface area contributed by atoms with Crippen molar-refractivity contribution in [1.82, 2.24) is 15.1 Å². The van der Waals surface area contributed by atoms with E-state index in [1.54, 1.807) is 20.1 Å². The first kappa shape index (κ1) is 22.2. The lowest BCUT2D eigenvalue weighted by atomic mass is 10.1. The van der Waals surface area contributed by atoms with Gasteiger partial charge in [0, 0.05) is 29.8 Å². The van der Waals surface area contributed by atoms with Gasteiger partial charge in [-0.2, -0.15) is 9.98 Å². The zero-order valence-electron chi connectivity index (χ0n) is 17.7. The highest BCUT2D eigenvalue weighted by molar-refractivity contribution is 8.15. The Labute approximate surface area is 183 Å². The molecule has 1 aromatic carbocycles. The highest BCUT2D eigenvalue weighted by atomic mass is 32.2. The van der Waals surface area contributed by atoms with Crippen molar-refractivity contribution in [2.24, 2.45) is 9.98 Å². The second-order valence-electron chi connectivity index (χ2n) is 6.27. The molecule has 1 amide bonds. The zero-order valence-corrected chi connectivity index (χ0v) is 18.6. The number of carbonyl (C=O) groups is 1. The number of hydrogen-bond donors (Lipinski definition) is 0. The summed E-state index contributed by atoms with van der Waals surface area (Å²) in [7, 11) is 2.82. The van der Waals surface area contributed by atoms with Gasteiger partial charge >= 0.3 is 6.09 Å². The van der Waals surface area contributed by atoms with E-state index in [0.717, 1.165) is 11.3 Å². The summed E-state index contributed by atoms with van der Waals surface area (Å²) in [5.74, 6) is 1.42. The summed E-state index contributed by atoms with van der Waals surface area (Å²) >= 11 is 1.28. The quantitative estimate of drug-likeness (QED) is 0.424.